The molecule has 0 aliphatic rings. The standard InChI is InChI=1S/C40H72O7/c1-4-5-6-7-8-9-10-13-16-19-22-25-29-37(42)38(43)30-27-32-39(44)46-34-36(33-41)47-40(45)31-26-23-20-17-14-11-12-15-18-21-24-28-35(2)3/h8-9,13,16,22,25,35-38,41-43H,4-7,10-12,14-15,17-21,23-24,26-34H2,1-3H3/b9-8-,16-13-,25-22-/t36-,37?,38?/m0/s1. The minimum Gasteiger partial charge on any atom is -0.462 e. The second-order valence-corrected chi connectivity index (χ2v) is 13.4. The van der Waals surface area contributed by atoms with Crippen molar-refractivity contribution in [3.63, 3.8) is 0 Å². The van der Waals surface area contributed by atoms with E-state index in [9.17, 15) is 24.9 Å². The zero-order valence-corrected chi connectivity index (χ0v) is 30.4. The Morgan fingerprint density at radius 3 is 1.77 bits per heavy atom. The summed E-state index contributed by atoms with van der Waals surface area (Å²) in [6.45, 7) is 6.17. The van der Waals surface area contributed by atoms with Crippen LogP contribution in [0.3, 0.4) is 0 Å². The molecule has 0 heterocycles. The highest BCUT2D eigenvalue weighted by Crippen LogP contribution is 2.15. The lowest BCUT2D eigenvalue weighted by atomic mass is 10.0. The number of ether oxygens (including phenoxy) is 2. The molecule has 0 spiro atoms. The molecule has 0 fully saturated rings. The Morgan fingerprint density at radius 1 is 0.617 bits per heavy atom. The number of unbranched alkanes of at least 4 members (excludes halogenated alkanes) is 13. The van der Waals surface area contributed by atoms with Crippen LogP contribution in [0.25, 0.3) is 0 Å². The summed E-state index contributed by atoms with van der Waals surface area (Å²) >= 11 is 0. The summed E-state index contributed by atoms with van der Waals surface area (Å²) in [6, 6.07) is 0. The molecule has 0 saturated carbocycles. The second-order valence-electron chi connectivity index (χ2n) is 13.4. The summed E-state index contributed by atoms with van der Waals surface area (Å²) in [5, 5.41) is 29.9. The molecule has 3 N–H and O–H groups in total. The number of aliphatic hydroxyl groups is 3. The van der Waals surface area contributed by atoms with Gasteiger partial charge in [0.1, 0.15) is 6.61 Å². The van der Waals surface area contributed by atoms with E-state index < -0.39 is 30.9 Å². The molecule has 0 radical (unpaired) electrons. The maximum atomic E-state index is 12.2. The van der Waals surface area contributed by atoms with E-state index in [4.69, 9.17) is 9.47 Å². The first-order valence-corrected chi connectivity index (χ1v) is 19.1. The van der Waals surface area contributed by atoms with E-state index in [0.717, 1.165) is 44.4 Å². The van der Waals surface area contributed by atoms with E-state index in [0.29, 0.717) is 19.3 Å². The zero-order valence-electron chi connectivity index (χ0n) is 30.4. The van der Waals surface area contributed by atoms with Crippen molar-refractivity contribution in [2.24, 2.45) is 5.92 Å². The topological polar surface area (TPSA) is 113 Å². The number of esters is 2. The Labute approximate surface area is 288 Å². The van der Waals surface area contributed by atoms with Crippen molar-refractivity contribution in [3.05, 3.63) is 36.5 Å². The van der Waals surface area contributed by atoms with Gasteiger partial charge in [0.05, 0.1) is 18.8 Å². The van der Waals surface area contributed by atoms with Crippen molar-refractivity contribution in [2.75, 3.05) is 13.2 Å². The molecule has 0 bridgehead atoms. The van der Waals surface area contributed by atoms with Gasteiger partial charge < -0.3 is 24.8 Å². The van der Waals surface area contributed by atoms with E-state index in [-0.39, 0.29) is 25.4 Å². The van der Waals surface area contributed by atoms with Crippen LogP contribution >= 0.6 is 0 Å². The summed E-state index contributed by atoms with van der Waals surface area (Å²) in [5.74, 6) is -0.0582. The smallest absolute Gasteiger partial charge is 0.306 e. The Hall–Kier alpha value is -1.96. The third kappa shape index (κ3) is 32.4. The van der Waals surface area contributed by atoms with Crippen LogP contribution in [0.2, 0.25) is 0 Å². The summed E-state index contributed by atoms with van der Waals surface area (Å²) < 4.78 is 10.5. The maximum Gasteiger partial charge on any atom is 0.306 e. The quantitative estimate of drug-likeness (QED) is 0.0364. The van der Waals surface area contributed by atoms with Gasteiger partial charge in [0.25, 0.3) is 0 Å². The summed E-state index contributed by atoms with van der Waals surface area (Å²) in [7, 11) is 0. The third-order valence-electron chi connectivity index (χ3n) is 8.32. The van der Waals surface area contributed by atoms with Gasteiger partial charge in [0.15, 0.2) is 6.10 Å². The van der Waals surface area contributed by atoms with Gasteiger partial charge in [-0.1, -0.05) is 141 Å². The largest absolute Gasteiger partial charge is 0.462 e. The third-order valence-corrected chi connectivity index (χ3v) is 8.32. The van der Waals surface area contributed by atoms with Crippen LogP contribution in [0.1, 0.15) is 168 Å². The number of allylic oxidation sites excluding steroid dienone is 5. The lowest BCUT2D eigenvalue weighted by Gasteiger charge is -2.17. The number of rotatable bonds is 33. The molecule has 7 heteroatoms. The number of carbonyl (C=O) groups is 2. The van der Waals surface area contributed by atoms with Crippen molar-refractivity contribution in [3.8, 4) is 0 Å². The van der Waals surface area contributed by atoms with E-state index in [1.54, 1.807) is 0 Å². The van der Waals surface area contributed by atoms with Gasteiger partial charge in [-0.3, -0.25) is 9.59 Å². The number of hydrogen-bond donors (Lipinski definition) is 3. The van der Waals surface area contributed by atoms with Crippen LogP contribution < -0.4 is 0 Å². The van der Waals surface area contributed by atoms with Crippen LogP contribution in [0.5, 0.6) is 0 Å². The van der Waals surface area contributed by atoms with Gasteiger partial charge in [-0.2, -0.15) is 0 Å². The van der Waals surface area contributed by atoms with E-state index in [2.05, 4.69) is 45.1 Å². The summed E-state index contributed by atoms with van der Waals surface area (Å²) in [5.41, 5.74) is 0. The van der Waals surface area contributed by atoms with Crippen molar-refractivity contribution in [2.45, 2.75) is 187 Å². The molecule has 0 aliphatic heterocycles. The lowest BCUT2D eigenvalue weighted by molar-refractivity contribution is -0.161. The van der Waals surface area contributed by atoms with Crippen LogP contribution in [0, 0.1) is 5.92 Å². The van der Waals surface area contributed by atoms with Gasteiger partial charge in [-0.15, -0.1) is 0 Å². The first kappa shape index (κ1) is 45.0. The number of aliphatic hydroxyl groups excluding tert-OH is 3. The minimum absolute atomic E-state index is 0.0713. The average Bonchev–Trinajstić information content (AvgIpc) is 3.05. The first-order valence-electron chi connectivity index (χ1n) is 19.1. The molecule has 3 atom stereocenters. The Balaban J connectivity index is 3.83. The minimum atomic E-state index is -0.929. The molecular weight excluding hydrogens is 592 g/mol. The van der Waals surface area contributed by atoms with Gasteiger partial charge in [-0.25, -0.2) is 0 Å². The normalized spacial score (nSPS) is 14.0. The highest BCUT2D eigenvalue weighted by atomic mass is 16.6. The zero-order chi connectivity index (χ0) is 34.8. The molecule has 0 aromatic carbocycles. The second kappa shape index (κ2) is 33.9. The van der Waals surface area contributed by atoms with Gasteiger partial charge in [0, 0.05) is 12.8 Å². The first-order chi connectivity index (χ1) is 22.8. The molecule has 0 aliphatic carbocycles. The van der Waals surface area contributed by atoms with Crippen molar-refractivity contribution in [1.29, 1.82) is 0 Å². The summed E-state index contributed by atoms with van der Waals surface area (Å²) in [6.07, 6.45) is 32.4. The van der Waals surface area contributed by atoms with E-state index in [1.807, 2.05) is 12.2 Å². The highest BCUT2D eigenvalue weighted by Gasteiger charge is 2.18. The molecule has 0 amide bonds. The van der Waals surface area contributed by atoms with Crippen LogP contribution in [0.4, 0.5) is 0 Å². The molecule has 0 rings (SSSR count). The van der Waals surface area contributed by atoms with Gasteiger partial charge in [-0.05, 0) is 57.3 Å². The monoisotopic (exact) mass is 665 g/mol. The van der Waals surface area contributed by atoms with Crippen molar-refractivity contribution in [1.82, 2.24) is 0 Å². The molecule has 2 unspecified atom stereocenters. The fourth-order valence-electron chi connectivity index (χ4n) is 5.25. The van der Waals surface area contributed by atoms with Crippen LogP contribution in [-0.4, -0.2) is 58.8 Å². The Morgan fingerprint density at radius 2 is 1.17 bits per heavy atom. The van der Waals surface area contributed by atoms with E-state index >= 15 is 0 Å². The van der Waals surface area contributed by atoms with Crippen molar-refractivity contribution < 1.29 is 34.4 Å². The highest BCUT2D eigenvalue weighted by molar-refractivity contribution is 5.70. The lowest BCUT2D eigenvalue weighted by Crippen LogP contribution is -2.28. The molecule has 7 nitrogen and oxygen atoms in total. The molecule has 274 valence electrons. The average molecular weight is 665 g/mol. The van der Waals surface area contributed by atoms with Gasteiger partial charge in [0.2, 0.25) is 0 Å². The summed E-state index contributed by atoms with van der Waals surface area (Å²) in [4.78, 5) is 24.3. The molecule has 0 aromatic rings. The number of carbonyl (C=O) groups excluding carboxylic acids is 2. The Bertz CT molecular complexity index is 804. The fourth-order valence-corrected chi connectivity index (χ4v) is 5.25. The molecule has 0 aromatic heterocycles. The SMILES string of the molecule is CCCCC/C=C\C/C=C\C/C=C\CC(O)C(O)CCCC(=O)OC[C@H](CO)OC(=O)CCCCCCCCCCCCCC(C)C. The van der Waals surface area contributed by atoms with Gasteiger partial charge >= 0.3 is 11.9 Å². The Kier molecular flexibility index (Phi) is 32.5. The fraction of sp³-hybridized carbons (Fsp3) is 0.800. The molecule has 47 heavy (non-hydrogen) atoms. The van der Waals surface area contributed by atoms with Crippen molar-refractivity contribution >= 4 is 11.9 Å². The predicted molar refractivity (Wildman–Crippen MR) is 194 cm³/mol. The number of hydrogen-bond acceptors (Lipinski definition) is 7. The maximum absolute atomic E-state index is 12.2. The predicted octanol–water partition coefficient (Wildman–Crippen LogP) is 9.47. The van der Waals surface area contributed by atoms with Crippen LogP contribution in [-0.2, 0) is 19.1 Å². The molecule has 0 saturated heterocycles. The van der Waals surface area contributed by atoms with E-state index in [1.165, 1.54) is 77.0 Å². The molecular formula is C40H72O7. The van der Waals surface area contributed by atoms with Crippen LogP contribution in [0.15, 0.2) is 36.5 Å².